The average Bonchev–Trinajstić information content (AvgIpc) is 3.36. The number of phenols is 1. The lowest BCUT2D eigenvalue weighted by Gasteiger charge is -2.31. The van der Waals surface area contributed by atoms with Gasteiger partial charge in [0.1, 0.15) is 23.9 Å². The molecule has 2 rings (SSSR count). The van der Waals surface area contributed by atoms with Crippen LogP contribution in [0, 0.1) is 11.8 Å². The number of carboxylic acids is 1. The molecule has 1 aliphatic rings. The number of likely N-dealkylation sites (tertiary alicyclic amines) is 1. The average molecular weight is 505 g/mol. The van der Waals surface area contributed by atoms with Crippen LogP contribution in [-0.4, -0.2) is 69.5 Å². The molecular weight excluding hydrogens is 464 g/mol. The summed E-state index contributed by atoms with van der Waals surface area (Å²) in [6.07, 6.45) is 2.31. The minimum Gasteiger partial charge on any atom is -0.508 e. The topological polar surface area (TPSA) is 162 Å². The predicted octanol–water partition coefficient (Wildman–Crippen LogP) is 1.40. The second-order valence-electron chi connectivity index (χ2n) is 9.74. The molecule has 1 saturated heterocycles. The number of rotatable bonds is 12. The molecule has 0 saturated carbocycles. The minimum atomic E-state index is -1.08. The first-order chi connectivity index (χ1) is 17.0. The Bertz CT molecular complexity index is 922. The van der Waals surface area contributed by atoms with Crippen LogP contribution in [-0.2, 0) is 25.6 Å². The van der Waals surface area contributed by atoms with Gasteiger partial charge in [-0.05, 0) is 42.4 Å². The van der Waals surface area contributed by atoms with Gasteiger partial charge in [-0.25, -0.2) is 4.79 Å². The Morgan fingerprint density at radius 2 is 1.64 bits per heavy atom. The van der Waals surface area contributed by atoms with E-state index in [2.05, 4.69) is 10.6 Å². The highest BCUT2D eigenvalue weighted by Gasteiger charge is 2.39. The van der Waals surface area contributed by atoms with Crippen molar-refractivity contribution in [3.05, 3.63) is 29.8 Å². The van der Waals surface area contributed by atoms with E-state index in [9.17, 15) is 29.4 Å². The van der Waals surface area contributed by atoms with Crippen LogP contribution in [0.5, 0.6) is 5.75 Å². The summed E-state index contributed by atoms with van der Waals surface area (Å²) in [5, 5.41) is 24.7. The molecule has 0 radical (unpaired) electrons. The number of amides is 3. The molecular formula is C26H40N4O6. The van der Waals surface area contributed by atoms with Gasteiger partial charge in [-0.3, -0.25) is 14.4 Å². The maximum atomic E-state index is 13.5. The highest BCUT2D eigenvalue weighted by Crippen LogP contribution is 2.21. The number of carboxylic acid groups (broad SMARTS) is 1. The number of benzene rings is 1. The summed E-state index contributed by atoms with van der Waals surface area (Å²) in [5.41, 5.74) is 6.75. The molecule has 10 nitrogen and oxygen atoms in total. The number of carbonyl (C=O) groups excluding carboxylic acids is 3. The molecule has 200 valence electrons. The number of hydrogen-bond donors (Lipinski definition) is 5. The number of nitrogens with two attached hydrogens (primary N) is 1. The molecule has 3 amide bonds. The van der Waals surface area contributed by atoms with E-state index in [0.29, 0.717) is 31.2 Å². The molecule has 0 spiro atoms. The van der Waals surface area contributed by atoms with Crippen LogP contribution in [0.2, 0.25) is 0 Å². The fourth-order valence-electron chi connectivity index (χ4n) is 4.28. The SMILES string of the molecule is CCC(C)C(N)C(=O)NC(C(=O)NC(Cc1ccc(O)cc1)C(=O)N1CCCC1C(=O)O)C(C)CC. The first-order valence-corrected chi connectivity index (χ1v) is 12.7. The summed E-state index contributed by atoms with van der Waals surface area (Å²) in [4.78, 5) is 52.7. The number of hydrogen-bond acceptors (Lipinski definition) is 6. The summed E-state index contributed by atoms with van der Waals surface area (Å²) >= 11 is 0. The summed E-state index contributed by atoms with van der Waals surface area (Å²) in [6.45, 7) is 7.80. The summed E-state index contributed by atoms with van der Waals surface area (Å²) in [6, 6.07) is 2.55. The third-order valence-corrected chi connectivity index (χ3v) is 7.16. The second kappa shape index (κ2) is 13.2. The van der Waals surface area contributed by atoms with Crippen molar-refractivity contribution < 1.29 is 29.4 Å². The summed E-state index contributed by atoms with van der Waals surface area (Å²) < 4.78 is 0. The van der Waals surface area contributed by atoms with Crippen molar-refractivity contribution in [2.45, 2.75) is 84.0 Å². The van der Waals surface area contributed by atoms with E-state index >= 15 is 0 Å². The summed E-state index contributed by atoms with van der Waals surface area (Å²) in [7, 11) is 0. The number of carbonyl (C=O) groups is 4. The molecule has 6 atom stereocenters. The molecule has 0 aromatic heterocycles. The molecule has 6 unspecified atom stereocenters. The molecule has 6 N–H and O–H groups in total. The number of nitrogens with one attached hydrogen (secondary N) is 2. The van der Waals surface area contributed by atoms with E-state index in [1.807, 2.05) is 27.7 Å². The molecule has 36 heavy (non-hydrogen) atoms. The zero-order valence-electron chi connectivity index (χ0n) is 21.6. The maximum Gasteiger partial charge on any atom is 0.326 e. The van der Waals surface area contributed by atoms with E-state index in [1.165, 1.54) is 17.0 Å². The van der Waals surface area contributed by atoms with Gasteiger partial charge in [-0.2, -0.15) is 0 Å². The molecule has 0 bridgehead atoms. The molecule has 1 aromatic rings. The van der Waals surface area contributed by atoms with Gasteiger partial charge in [-0.15, -0.1) is 0 Å². The summed E-state index contributed by atoms with van der Waals surface area (Å²) in [5.74, 6) is -2.79. The molecule has 1 fully saturated rings. The van der Waals surface area contributed by atoms with Crippen molar-refractivity contribution in [1.82, 2.24) is 15.5 Å². The van der Waals surface area contributed by atoms with Crippen LogP contribution >= 0.6 is 0 Å². The van der Waals surface area contributed by atoms with Crippen molar-refractivity contribution in [2.75, 3.05) is 6.54 Å². The molecule has 1 aliphatic heterocycles. The Morgan fingerprint density at radius 3 is 2.19 bits per heavy atom. The zero-order valence-corrected chi connectivity index (χ0v) is 21.6. The Hall–Kier alpha value is -3.14. The van der Waals surface area contributed by atoms with Crippen LogP contribution in [0.15, 0.2) is 24.3 Å². The van der Waals surface area contributed by atoms with Gasteiger partial charge in [0.25, 0.3) is 0 Å². The van der Waals surface area contributed by atoms with Crippen molar-refractivity contribution in [1.29, 1.82) is 0 Å². The fourth-order valence-corrected chi connectivity index (χ4v) is 4.28. The van der Waals surface area contributed by atoms with E-state index < -0.39 is 47.9 Å². The number of phenolic OH excluding ortho intramolecular Hbond substituents is 1. The molecule has 0 aliphatic carbocycles. The van der Waals surface area contributed by atoms with Gasteiger partial charge in [0.15, 0.2) is 0 Å². The smallest absolute Gasteiger partial charge is 0.326 e. The normalized spacial score (nSPS) is 19.6. The Kier molecular flexibility index (Phi) is 10.7. The van der Waals surface area contributed by atoms with Crippen LogP contribution in [0.1, 0.15) is 58.9 Å². The molecule has 10 heteroatoms. The standard InChI is InChI=1S/C26H40N4O6/c1-5-15(3)21(27)23(32)29-22(16(4)6-2)24(33)28-19(14-17-9-11-18(31)12-10-17)25(34)30-13-7-8-20(30)26(35)36/h9-12,15-16,19-22,31H,5-8,13-14,27H2,1-4H3,(H,28,33)(H,29,32)(H,35,36). The van der Waals surface area contributed by atoms with Crippen molar-refractivity contribution in [3.8, 4) is 5.75 Å². The van der Waals surface area contributed by atoms with Gasteiger partial charge in [0.2, 0.25) is 17.7 Å². The first kappa shape index (κ1) is 29.1. The van der Waals surface area contributed by atoms with Gasteiger partial charge in [-0.1, -0.05) is 52.7 Å². The Balaban J connectivity index is 2.29. The lowest BCUT2D eigenvalue weighted by atomic mass is 9.95. The first-order valence-electron chi connectivity index (χ1n) is 12.7. The molecule has 1 aromatic carbocycles. The lowest BCUT2D eigenvalue weighted by Crippen LogP contribution is -2.59. The van der Waals surface area contributed by atoms with E-state index in [1.54, 1.807) is 12.1 Å². The van der Waals surface area contributed by atoms with Crippen molar-refractivity contribution in [2.24, 2.45) is 17.6 Å². The molecule has 1 heterocycles. The fraction of sp³-hybridized carbons (Fsp3) is 0.615. The van der Waals surface area contributed by atoms with Gasteiger partial charge in [0.05, 0.1) is 6.04 Å². The van der Waals surface area contributed by atoms with Crippen LogP contribution in [0.25, 0.3) is 0 Å². The van der Waals surface area contributed by atoms with Crippen molar-refractivity contribution in [3.63, 3.8) is 0 Å². The van der Waals surface area contributed by atoms with Gasteiger partial charge in [0, 0.05) is 13.0 Å². The van der Waals surface area contributed by atoms with Gasteiger partial charge < -0.3 is 31.5 Å². The van der Waals surface area contributed by atoms with Gasteiger partial charge >= 0.3 is 5.97 Å². The van der Waals surface area contributed by atoms with Crippen molar-refractivity contribution >= 4 is 23.7 Å². The highest BCUT2D eigenvalue weighted by atomic mass is 16.4. The quantitative estimate of drug-likeness (QED) is 0.287. The number of aromatic hydroxyl groups is 1. The van der Waals surface area contributed by atoms with Crippen LogP contribution in [0.4, 0.5) is 0 Å². The van der Waals surface area contributed by atoms with Crippen LogP contribution < -0.4 is 16.4 Å². The predicted molar refractivity (Wildman–Crippen MR) is 135 cm³/mol. The van der Waals surface area contributed by atoms with E-state index in [-0.39, 0.29) is 30.6 Å². The number of aliphatic carboxylic acids is 1. The van der Waals surface area contributed by atoms with E-state index in [4.69, 9.17) is 5.73 Å². The zero-order chi connectivity index (χ0) is 27.0. The largest absolute Gasteiger partial charge is 0.508 e. The van der Waals surface area contributed by atoms with E-state index in [0.717, 1.165) is 0 Å². The number of nitrogens with zero attached hydrogens (tertiary/aromatic N) is 1. The Labute approximate surface area is 212 Å². The minimum absolute atomic E-state index is 0.0633. The third kappa shape index (κ3) is 7.43. The third-order valence-electron chi connectivity index (χ3n) is 7.16. The van der Waals surface area contributed by atoms with Crippen LogP contribution in [0.3, 0.4) is 0 Å². The maximum absolute atomic E-state index is 13.5. The second-order valence-corrected chi connectivity index (χ2v) is 9.74. The Morgan fingerprint density at radius 1 is 1.03 bits per heavy atom. The highest BCUT2D eigenvalue weighted by molar-refractivity contribution is 5.94. The monoisotopic (exact) mass is 504 g/mol. The lowest BCUT2D eigenvalue weighted by molar-refractivity contribution is -0.149.